The monoisotopic (exact) mass is 157 g/mol. The third kappa shape index (κ3) is 0.903. The molecule has 0 saturated carbocycles. The summed E-state index contributed by atoms with van der Waals surface area (Å²) in [5, 5.41) is 14.7. The molecule has 0 bridgehead atoms. The Hall–Kier alpha value is -1.95. The zero-order chi connectivity index (χ0) is 8.55. The van der Waals surface area contributed by atoms with Crippen LogP contribution in [0.2, 0.25) is 0 Å². The molecule has 58 valence electrons. The minimum absolute atomic E-state index is 0.651. The summed E-state index contributed by atoms with van der Waals surface area (Å²) in [6.07, 6.45) is 0. The predicted octanol–water partition coefficient (Wildman–Crippen LogP) is 1.87. The van der Waals surface area contributed by atoms with Crippen molar-refractivity contribution in [2.24, 2.45) is 0 Å². The SMILES string of the molecule is C=C1Nc2ccc(C#N)cc2N1. The number of hydrogen-bond donors (Lipinski definition) is 2. The van der Waals surface area contributed by atoms with Crippen molar-refractivity contribution in [2.45, 2.75) is 0 Å². The van der Waals surface area contributed by atoms with Crippen molar-refractivity contribution in [3.63, 3.8) is 0 Å². The molecule has 1 aliphatic heterocycles. The molecule has 0 radical (unpaired) electrons. The molecule has 1 aromatic rings. The van der Waals surface area contributed by atoms with E-state index in [0.29, 0.717) is 5.56 Å². The van der Waals surface area contributed by atoms with E-state index in [1.54, 1.807) is 12.1 Å². The lowest BCUT2D eigenvalue weighted by Crippen LogP contribution is -1.94. The second-order valence-corrected chi connectivity index (χ2v) is 2.60. The van der Waals surface area contributed by atoms with Crippen LogP contribution in [0.1, 0.15) is 5.56 Å². The van der Waals surface area contributed by atoms with Crippen LogP contribution in [-0.4, -0.2) is 0 Å². The van der Waals surface area contributed by atoms with Gasteiger partial charge in [-0.25, -0.2) is 0 Å². The van der Waals surface area contributed by atoms with Crippen LogP contribution in [0.3, 0.4) is 0 Å². The molecule has 0 aliphatic carbocycles. The first-order chi connectivity index (χ1) is 5.79. The minimum Gasteiger partial charge on any atom is -0.341 e. The largest absolute Gasteiger partial charge is 0.341 e. The lowest BCUT2D eigenvalue weighted by atomic mass is 10.2. The van der Waals surface area contributed by atoms with E-state index in [0.717, 1.165) is 17.2 Å². The Bertz CT molecular complexity index is 387. The van der Waals surface area contributed by atoms with E-state index in [2.05, 4.69) is 23.3 Å². The van der Waals surface area contributed by atoms with Crippen LogP contribution < -0.4 is 10.6 Å². The second-order valence-electron chi connectivity index (χ2n) is 2.60. The molecule has 0 saturated heterocycles. The van der Waals surface area contributed by atoms with Crippen molar-refractivity contribution >= 4 is 11.4 Å². The molecule has 3 nitrogen and oxygen atoms in total. The normalized spacial score (nSPS) is 12.8. The van der Waals surface area contributed by atoms with Gasteiger partial charge in [0.1, 0.15) is 5.82 Å². The number of nitriles is 1. The van der Waals surface area contributed by atoms with Gasteiger partial charge in [0.05, 0.1) is 23.0 Å². The summed E-state index contributed by atoms with van der Waals surface area (Å²) >= 11 is 0. The summed E-state index contributed by atoms with van der Waals surface area (Å²) in [6, 6.07) is 7.50. The van der Waals surface area contributed by atoms with Crippen LogP contribution in [-0.2, 0) is 0 Å². The molecule has 0 unspecified atom stereocenters. The number of nitrogens with zero attached hydrogens (tertiary/aromatic N) is 1. The zero-order valence-corrected chi connectivity index (χ0v) is 6.39. The van der Waals surface area contributed by atoms with Crippen molar-refractivity contribution in [1.29, 1.82) is 5.26 Å². The maximum absolute atomic E-state index is 8.61. The number of fused-ring (bicyclic) bond motifs is 1. The van der Waals surface area contributed by atoms with Crippen LogP contribution in [0.4, 0.5) is 11.4 Å². The summed E-state index contributed by atoms with van der Waals surface area (Å²) in [5.74, 6) is 0.750. The van der Waals surface area contributed by atoms with Crippen molar-refractivity contribution in [2.75, 3.05) is 10.6 Å². The Morgan fingerprint density at radius 3 is 2.75 bits per heavy atom. The van der Waals surface area contributed by atoms with E-state index >= 15 is 0 Å². The first kappa shape index (κ1) is 6.74. The summed E-state index contributed by atoms with van der Waals surface area (Å²) in [5.41, 5.74) is 2.54. The average Bonchev–Trinajstić information content (AvgIpc) is 2.43. The van der Waals surface area contributed by atoms with Crippen LogP contribution in [0, 0.1) is 11.3 Å². The van der Waals surface area contributed by atoms with E-state index < -0.39 is 0 Å². The standard InChI is InChI=1S/C9H7N3/c1-6-11-8-3-2-7(5-10)4-9(8)12-6/h2-4,11-12H,1H2. The van der Waals surface area contributed by atoms with Crippen LogP contribution in [0.25, 0.3) is 0 Å². The van der Waals surface area contributed by atoms with Gasteiger partial charge in [0.15, 0.2) is 0 Å². The fourth-order valence-electron chi connectivity index (χ4n) is 1.18. The van der Waals surface area contributed by atoms with Gasteiger partial charge in [-0.05, 0) is 18.2 Å². The van der Waals surface area contributed by atoms with Crippen molar-refractivity contribution in [3.8, 4) is 6.07 Å². The molecular formula is C9H7N3. The fraction of sp³-hybridized carbons (Fsp3) is 0. The van der Waals surface area contributed by atoms with Gasteiger partial charge in [-0.3, -0.25) is 0 Å². The minimum atomic E-state index is 0.651. The Morgan fingerprint density at radius 2 is 2.00 bits per heavy atom. The van der Waals surface area contributed by atoms with Crippen LogP contribution in [0.5, 0.6) is 0 Å². The highest BCUT2D eigenvalue weighted by atomic mass is 15.2. The van der Waals surface area contributed by atoms with Crippen LogP contribution >= 0.6 is 0 Å². The van der Waals surface area contributed by atoms with Crippen molar-refractivity contribution < 1.29 is 0 Å². The third-order valence-corrected chi connectivity index (χ3v) is 1.72. The lowest BCUT2D eigenvalue weighted by Gasteiger charge is -1.95. The number of rotatable bonds is 0. The predicted molar refractivity (Wildman–Crippen MR) is 47.5 cm³/mol. The first-order valence-electron chi connectivity index (χ1n) is 3.57. The van der Waals surface area contributed by atoms with Gasteiger partial charge in [-0.2, -0.15) is 5.26 Å². The number of anilines is 2. The quantitative estimate of drug-likeness (QED) is 0.604. The Morgan fingerprint density at radius 1 is 1.25 bits per heavy atom. The molecule has 2 N–H and O–H groups in total. The molecule has 2 rings (SSSR count). The molecule has 0 amide bonds. The van der Waals surface area contributed by atoms with Crippen LogP contribution in [0.15, 0.2) is 30.6 Å². The third-order valence-electron chi connectivity index (χ3n) is 1.72. The molecular weight excluding hydrogens is 150 g/mol. The number of nitrogens with one attached hydrogen (secondary N) is 2. The van der Waals surface area contributed by atoms with Gasteiger partial charge in [0.25, 0.3) is 0 Å². The molecule has 3 heteroatoms. The summed E-state index contributed by atoms with van der Waals surface area (Å²) in [6.45, 7) is 3.72. The van der Waals surface area contributed by atoms with Crippen molar-refractivity contribution in [3.05, 3.63) is 36.2 Å². The van der Waals surface area contributed by atoms with Gasteiger partial charge < -0.3 is 10.6 Å². The maximum atomic E-state index is 8.61. The number of benzene rings is 1. The fourth-order valence-corrected chi connectivity index (χ4v) is 1.18. The summed E-state index contributed by atoms with van der Waals surface area (Å²) < 4.78 is 0. The van der Waals surface area contributed by atoms with Gasteiger partial charge >= 0.3 is 0 Å². The zero-order valence-electron chi connectivity index (χ0n) is 6.39. The summed E-state index contributed by atoms with van der Waals surface area (Å²) in [7, 11) is 0. The average molecular weight is 157 g/mol. The molecule has 0 atom stereocenters. The maximum Gasteiger partial charge on any atom is 0.100 e. The lowest BCUT2D eigenvalue weighted by molar-refractivity contribution is 1.49. The molecule has 1 aromatic carbocycles. The van der Waals surface area contributed by atoms with E-state index in [9.17, 15) is 0 Å². The van der Waals surface area contributed by atoms with Crippen molar-refractivity contribution in [1.82, 2.24) is 0 Å². The smallest absolute Gasteiger partial charge is 0.100 e. The van der Waals surface area contributed by atoms with Gasteiger partial charge in [-0.1, -0.05) is 6.58 Å². The highest BCUT2D eigenvalue weighted by Gasteiger charge is 2.11. The molecule has 0 fully saturated rings. The topological polar surface area (TPSA) is 47.9 Å². The molecule has 1 heterocycles. The highest BCUT2D eigenvalue weighted by molar-refractivity contribution is 5.79. The van der Waals surface area contributed by atoms with E-state index in [4.69, 9.17) is 5.26 Å². The van der Waals surface area contributed by atoms with E-state index in [1.807, 2.05) is 6.07 Å². The Labute approximate surface area is 70.3 Å². The van der Waals surface area contributed by atoms with E-state index in [-0.39, 0.29) is 0 Å². The highest BCUT2D eigenvalue weighted by Crippen LogP contribution is 2.30. The molecule has 12 heavy (non-hydrogen) atoms. The Kier molecular flexibility index (Phi) is 1.28. The van der Waals surface area contributed by atoms with Gasteiger partial charge in [0.2, 0.25) is 0 Å². The van der Waals surface area contributed by atoms with Gasteiger partial charge in [-0.15, -0.1) is 0 Å². The molecule has 0 aromatic heterocycles. The van der Waals surface area contributed by atoms with E-state index in [1.165, 1.54) is 0 Å². The Balaban J connectivity index is 2.50. The summed E-state index contributed by atoms with van der Waals surface area (Å²) in [4.78, 5) is 0. The molecule has 0 spiro atoms. The van der Waals surface area contributed by atoms with Gasteiger partial charge in [0, 0.05) is 0 Å². The first-order valence-corrected chi connectivity index (χ1v) is 3.57. The number of hydrogen-bond acceptors (Lipinski definition) is 3. The molecule has 1 aliphatic rings. The second kappa shape index (κ2) is 2.28.